The number of methoxy groups -OCH3 is 1. The summed E-state index contributed by atoms with van der Waals surface area (Å²) >= 11 is 1.64. The van der Waals surface area contributed by atoms with Crippen LogP contribution in [0.4, 0.5) is 0 Å². The maximum Gasteiger partial charge on any atom is 0.235 e. The summed E-state index contributed by atoms with van der Waals surface area (Å²) in [5.74, 6) is 0.854. The van der Waals surface area contributed by atoms with Crippen molar-refractivity contribution in [2.45, 2.75) is 36.1 Å². The molecule has 0 spiro atoms. The minimum absolute atomic E-state index is 0.380. The number of carbonyl (C=O) groups excluding carboxylic acids is 1. The normalized spacial score (nSPS) is 17.2. The molecule has 0 heterocycles. The lowest BCUT2D eigenvalue weighted by atomic mass is 9.88. The SMILES string of the molecule is COc1cccc(C2(N=C=O)CCCC2)c1SC. The largest absolute Gasteiger partial charge is 0.496 e. The molecule has 0 aromatic heterocycles. The van der Waals surface area contributed by atoms with Crippen LogP contribution < -0.4 is 4.74 Å². The first-order valence-corrected chi connectivity index (χ1v) is 7.30. The Kier molecular flexibility index (Phi) is 4.10. The molecule has 96 valence electrons. The van der Waals surface area contributed by atoms with E-state index < -0.39 is 0 Å². The summed E-state index contributed by atoms with van der Waals surface area (Å²) in [5, 5.41) is 0. The van der Waals surface area contributed by atoms with E-state index in [1.807, 2.05) is 18.4 Å². The molecular formula is C14H17NO2S. The highest BCUT2D eigenvalue weighted by atomic mass is 32.2. The van der Waals surface area contributed by atoms with Crippen molar-refractivity contribution >= 4 is 17.8 Å². The van der Waals surface area contributed by atoms with Crippen LogP contribution in [0.25, 0.3) is 0 Å². The molecule has 0 bridgehead atoms. The van der Waals surface area contributed by atoms with Crippen molar-refractivity contribution in [1.82, 2.24) is 0 Å². The molecule has 1 saturated carbocycles. The fraction of sp³-hybridized carbons (Fsp3) is 0.500. The van der Waals surface area contributed by atoms with Crippen molar-refractivity contribution in [3.63, 3.8) is 0 Å². The highest BCUT2D eigenvalue weighted by Gasteiger charge is 2.38. The lowest BCUT2D eigenvalue weighted by Crippen LogP contribution is -2.20. The molecule has 1 fully saturated rings. The highest BCUT2D eigenvalue weighted by molar-refractivity contribution is 7.98. The molecule has 4 heteroatoms. The lowest BCUT2D eigenvalue weighted by molar-refractivity contribution is 0.393. The van der Waals surface area contributed by atoms with Gasteiger partial charge in [-0.1, -0.05) is 25.0 Å². The summed E-state index contributed by atoms with van der Waals surface area (Å²) in [5.41, 5.74) is 0.726. The third kappa shape index (κ3) is 2.18. The number of isocyanates is 1. The smallest absolute Gasteiger partial charge is 0.235 e. The number of aliphatic imine (C=N–C) groups is 1. The van der Waals surface area contributed by atoms with Gasteiger partial charge in [0, 0.05) is 0 Å². The zero-order chi connectivity index (χ0) is 13.0. The Hall–Kier alpha value is -1.25. The first-order chi connectivity index (χ1) is 8.77. The fourth-order valence-electron chi connectivity index (χ4n) is 2.74. The number of nitrogens with zero attached hydrogens (tertiary/aromatic N) is 1. The van der Waals surface area contributed by atoms with Gasteiger partial charge in [-0.15, -0.1) is 11.8 Å². The van der Waals surface area contributed by atoms with Gasteiger partial charge < -0.3 is 4.74 Å². The van der Waals surface area contributed by atoms with E-state index in [-0.39, 0.29) is 5.54 Å². The number of rotatable bonds is 4. The van der Waals surface area contributed by atoms with Crippen LogP contribution in [-0.2, 0) is 10.3 Å². The van der Waals surface area contributed by atoms with E-state index in [4.69, 9.17) is 4.74 Å². The average molecular weight is 263 g/mol. The third-order valence-corrected chi connectivity index (χ3v) is 4.42. The van der Waals surface area contributed by atoms with Crippen LogP contribution in [0.3, 0.4) is 0 Å². The van der Waals surface area contributed by atoms with Crippen molar-refractivity contribution in [1.29, 1.82) is 0 Å². The zero-order valence-corrected chi connectivity index (χ0v) is 11.5. The lowest BCUT2D eigenvalue weighted by Gasteiger charge is -2.26. The first kappa shape index (κ1) is 13.2. The molecule has 1 aliphatic rings. The molecule has 0 saturated heterocycles. The van der Waals surface area contributed by atoms with Gasteiger partial charge in [-0.25, -0.2) is 4.79 Å². The van der Waals surface area contributed by atoms with E-state index in [0.29, 0.717) is 0 Å². The second-order valence-electron chi connectivity index (χ2n) is 4.48. The Morgan fingerprint density at radius 3 is 2.67 bits per heavy atom. The van der Waals surface area contributed by atoms with Gasteiger partial charge in [-0.05, 0) is 30.7 Å². The zero-order valence-electron chi connectivity index (χ0n) is 10.7. The Labute approximate surface area is 112 Å². The maximum absolute atomic E-state index is 10.8. The molecule has 0 unspecified atom stereocenters. The monoisotopic (exact) mass is 263 g/mol. The minimum Gasteiger partial charge on any atom is -0.496 e. The molecule has 0 aliphatic heterocycles. The summed E-state index contributed by atoms with van der Waals surface area (Å²) in [7, 11) is 1.67. The predicted octanol–water partition coefficient (Wildman–Crippen LogP) is 3.52. The number of thioether (sulfide) groups is 1. The van der Waals surface area contributed by atoms with Gasteiger partial charge in [-0.2, -0.15) is 4.99 Å². The Bertz CT molecular complexity index is 475. The molecule has 3 nitrogen and oxygen atoms in total. The van der Waals surface area contributed by atoms with Crippen molar-refractivity contribution in [2.75, 3.05) is 13.4 Å². The second-order valence-corrected chi connectivity index (χ2v) is 5.30. The molecule has 0 atom stereocenters. The fourth-order valence-corrected chi connectivity index (χ4v) is 3.57. The molecule has 1 aromatic carbocycles. The van der Waals surface area contributed by atoms with Crippen LogP contribution in [0.1, 0.15) is 31.2 Å². The van der Waals surface area contributed by atoms with Crippen LogP contribution in [0.5, 0.6) is 5.75 Å². The summed E-state index contributed by atoms with van der Waals surface area (Å²) in [6, 6.07) is 5.97. The van der Waals surface area contributed by atoms with E-state index >= 15 is 0 Å². The molecule has 1 aromatic rings. The quantitative estimate of drug-likeness (QED) is 0.474. The molecule has 0 N–H and O–H groups in total. The van der Waals surface area contributed by atoms with Gasteiger partial charge >= 0.3 is 0 Å². The van der Waals surface area contributed by atoms with Crippen molar-refractivity contribution in [2.24, 2.45) is 4.99 Å². The Morgan fingerprint density at radius 1 is 1.39 bits per heavy atom. The summed E-state index contributed by atoms with van der Waals surface area (Å²) in [6.07, 6.45) is 7.84. The highest BCUT2D eigenvalue weighted by Crippen LogP contribution is 2.47. The molecule has 0 radical (unpaired) electrons. The Balaban J connectivity index is 2.57. The molecule has 18 heavy (non-hydrogen) atoms. The van der Waals surface area contributed by atoms with E-state index in [1.54, 1.807) is 25.0 Å². The minimum atomic E-state index is -0.380. The van der Waals surface area contributed by atoms with Crippen LogP contribution >= 0.6 is 11.8 Å². The van der Waals surface area contributed by atoms with Gasteiger partial charge in [0.1, 0.15) is 5.75 Å². The maximum atomic E-state index is 10.8. The summed E-state index contributed by atoms with van der Waals surface area (Å²) in [6.45, 7) is 0. The van der Waals surface area contributed by atoms with E-state index in [9.17, 15) is 4.79 Å². The van der Waals surface area contributed by atoms with Gasteiger partial charge in [0.15, 0.2) is 0 Å². The Morgan fingerprint density at radius 2 is 2.11 bits per heavy atom. The summed E-state index contributed by atoms with van der Waals surface area (Å²) in [4.78, 5) is 16.0. The summed E-state index contributed by atoms with van der Waals surface area (Å²) < 4.78 is 5.40. The number of hydrogen-bond donors (Lipinski definition) is 0. The van der Waals surface area contributed by atoms with Crippen molar-refractivity contribution < 1.29 is 9.53 Å². The third-order valence-electron chi connectivity index (χ3n) is 3.59. The van der Waals surface area contributed by atoms with Crippen LogP contribution in [-0.4, -0.2) is 19.4 Å². The second kappa shape index (κ2) is 5.59. The molecule has 1 aliphatic carbocycles. The van der Waals surface area contributed by atoms with Crippen molar-refractivity contribution in [3.05, 3.63) is 23.8 Å². The van der Waals surface area contributed by atoms with E-state index in [2.05, 4.69) is 11.1 Å². The number of benzene rings is 1. The van der Waals surface area contributed by atoms with Crippen molar-refractivity contribution in [3.8, 4) is 5.75 Å². The van der Waals surface area contributed by atoms with Crippen LogP contribution in [0.15, 0.2) is 28.1 Å². The van der Waals surface area contributed by atoms with Gasteiger partial charge in [0.2, 0.25) is 6.08 Å². The molecule has 2 rings (SSSR count). The van der Waals surface area contributed by atoms with E-state index in [1.165, 1.54) is 0 Å². The van der Waals surface area contributed by atoms with Crippen LogP contribution in [0.2, 0.25) is 0 Å². The first-order valence-electron chi connectivity index (χ1n) is 6.08. The average Bonchev–Trinajstić information content (AvgIpc) is 2.87. The van der Waals surface area contributed by atoms with Crippen LogP contribution in [0, 0.1) is 0 Å². The number of hydrogen-bond acceptors (Lipinski definition) is 4. The standard InChI is InChI=1S/C14H17NO2S/c1-17-12-7-5-6-11(13(12)18-2)14(15-10-16)8-3-4-9-14/h5-7H,3-4,8-9H2,1-2H3. The molecule has 0 amide bonds. The topological polar surface area (TPSA) is 38.7 Å². The molecular weight excluding hydrogens is 246 g/mol. The van der Waals surface area contributed by atoms with Gasteiger partial charge in [0.05, 0.1) is 17.5 Å². The van der Waals surface area contributed by atoms with E-state index in [0.717, 1.165) is 41.9 Å². The van der Waals surface area contributed by atoms with Gasteiger partial charge in [-0.3, -0.25) is 0 Å². The van der Waals surface area contributed by atoms with Gasteiger partial charge in [0.25, 0.3) is 0 Å². The predicted molar refractivity (Wildman–Crippen MR) is 73.0 cm³/mol. The number of ether oxygens (including phenoxy) is 1.